The number of quaternary nitrogens is 1. The zero-order valence-electron chi connectivity index (χ0n) is 8.46. The molecule has 0 rings (SSSR count). The van der Waals surface area contributed by atoms with E-state index in [0.717, 1.165) is 0 Å². The number of hydrogen-bond acceptors (Lipinski definition) is 2. The van der Waals surface area contributed by atoms with E-state index in [4.69, 9.17) is 0 Å². The van der Waals surface area contributed by atoms with Gasteiger partial charge in [-0.05, 0) is 6.08 Å². The molecule has 0 unspecified atom stereocenters. The van der Waals surface area contributed by atoms with Crippen LogP contribution in [-0.2, 0) is 9.59 Å². The molecule has 13 heavy (non-hydrogen) atoms. The van der Waals surface area contributed by atoms with Gasteiger partial charge in [-0.25, -0.2) is 4.79 Å². The monoisotopic (exact) mass is 185 g/mol. The van der Waals surface area contributed by atoms with Crippen molar-refractivity contribution in [1.29, 1.82) is 0 Å². The van der Waals surface area contributed by atoms with Crippen molar-refractivity contribution in [3.8, 4) is 0 Å². The quantitative estimate of drug-likeness (QED) is 0.491. The van der Waals surface area contributed by atoms with E-state index in [0.29, 0.717) is 13.0 Å². The van der Waals surface area contributed by atoms with Crippen molar-refractivity contribution in [2.45, 2.75) is 6.42 Å². The summed E-state index contributed by atoms with van der Waals surface area (Å²) in [4.78, 5) is 22.0. The summed E-state index contributed by atoms with van der Waals surface area (Å²) in [6, 6.07) is 0. The van der Waals surface area contributed by atoms with Gasteiger partial charge < -0.3 is 5.32 Å². The Morgan fingerprint density at radius 1 is 1.38 bits per heavy atom. The highest BCUT2D eigenvalue weighted by atomic mass is 16.2. The van der Waals surface area contributed by atoms with Crippen molar-refractivity contribution in [2.75, 3.05) is 27.7 Å². The first-order chi connectivity index (χ1) is 5.88. The first-order valence-corrected chi connectivity index (χ1v) is 4.13. The van der Waals surface area contributed by atoms with Crippen LogP contribution in [0.15, 0.2) is 12.7 Å². The van der Waals surface area contributed by atoms with E-state index in [1.54, 1.807) is 21.1 Å². The summed E-state index contributed by atoms with van der Waals surface area (Å²) in [5, 5.41) is 2.55. The van der Waals surface area contributed by atoms with Crippen molar-refractivity contribution >= 4 is 11.8 Å². The molecule has 0 atom stereocenters. The van der Waals surface area contributed by atoms with Crippen LogP contribution in [0.1, 0.15) is 6.42 Å². The minimum Gasteiger partial charge on any atom is -0.352 e. The summed E-state index contributed by atoms with van der Waals surface area (Å²) in [7, 11) is 5.41. The molecule has 74 valence electrons. The summed E-state index contributed by atoms with van der Waals surface area (Å²) < 4.78 is 0.282. The normalized spacial score (nSPS) is 10.7. The fourth-order valence-corrected chi connectivity index (χ4v) is 0.700. The van der Waals surface area contributed by atoms with E-state index >= 15 is 0 Å². The Labute approximate surface area is 78.8 Å². The van der Waals surface area contributed by atoms with Gasteiger partial charge in [0.05, 0.1) is 27.6 Å². The van der Waals surface area contributed by atoms with Crippen molar-refractivity contribution in [1.82, 2.24) is 5.32 Å². The van der Waals surface area contributed by atoms with E-state index in [2.05, 4.69) is 11.9 Å². The predicted octanol–water partition coefficient (Wildman–Crippen LogP) is -0.0885. The largest absolute Gasteiger partial charge is 0.352 e. The minimum atomic E-state index is -0.241. The summed E-state index contributed by atoms with van der Waals surface area (Å²) in [6.45, 7) is 3.68. The van der Waals surface area contributed by atoms with Gasteiger partial charge in [0.25, 0.3) is 0 Å². The van der Waals surface area contributed by atoms with Gasteiger partial charge in [-0.15, -0.1) is 0 Å². The zero-order valence-corrected chi connectivity index (χ0v) is 8.46. The Morgan fingerprint density at radius 3 is 2.31 bits per heavy atom. The molecule has 0 aliphatic heterocycles. The number of rotatable bonds is 4. The van der Waals surface area contributed by atoms with Crippen LogP contribution in [0.5, 0.6) is 0 Å². The number of nitrogens with one attached hydrogen (secondary N) is 1. The van der Waals surface area contributed by atoms with E-state index in [9.17, 15) is 9.59 Å². The molecular formula is C9H17N2O2+. The van der Waals surface area contributed by atoms with E-state index in [1.165, 1.54) is 6.08 Å². The minimum absolute atomic E-state index is 0.0874. The molecule has 0 spiro atoms. The predicted molar refractivity (Wildman–Crippen MR) is 50.9 cm³/mol. The first-order valence-electron chi connectivity index (χ1n) is 4.13. The van der Waals surface area contributed by atoms with Gasteiger partial charge >= 0.3 is 5.91 Å². The van der Waals surface area contributed by atoms with Crippen LogP contribution in [-0.4, -0.2) is 44.0 Å². The molecular weight excluding hydrogens is 168 g/mol. The third-order valence-corrected chi connectivity index (χ3v) is 1.57. The molecule has 0 aromatic carbocycles. The molecule has 0 saturated carbocycles. The fourth-order valence-electron chi connectivity index (χ4n) is 0.700. The number of hydrogen-bond donors (Lipinski definition) is 1. The second kappa shape index (κ2) is 4.77. The smallest absolute Gasteiger partial charge is 0.314 e. The molecule has 0 saturated heterocycles. The molecule has 0 aromatic heterocycles. The molecule has 0 heterocycles. The van der Waals surface area contributed by atoms with Gasteiger partial charge in [-0.2, -0.15) is 0 Å². The maximum absolute atomic E-state index is 11.3. The van der Waals surface area contributed by atoms with Gasteiger partial charge in [0.1, 0.15) is 0 Å². The number of carbonyl (C=O) groups excluding carboxylic acids is 2. The highest BCUT2D eigenvalue weighted by Gasteiger charge is 2.19. The highest BCUT2D eigenvalue weighted by Crippen LogP contribution is 1.95. The van der Waals surface area contributed by atoms with Crippen LogP contribution in [0.4, 0.5) is 0 Å². The topological polar surface area (TPSA) is 46.2 Å². The second-order valence-corrected chi connectivity index (χ2v) is 3.65. The average molecular weight is 185 g/mol. The SMILES string of the molecule is C=CC(=O)NCCC(=O)[N+](C)(C)C. The molecule has 0 bridgehead atoms. The van der Waals surface area contributed by atoms with Gasteiger partial charge in [0, 0.05) is 6.54 Å². The summed E-state index contributed by atoms with van der Waals surface area (Å²) in [6.07, 6.45) is 1.54. The van der Waals surface area contributed by atoms with Crippen LogP contribution < -0.4 is 5.32 Å². The highest BCUT2D eigenvalue weighted by molar-refractivity contribution is 5.87. The van der Waals surface area contributed by atoms with Crippen molar-refractivity contribution < 1.29 is 14.1 Å². The van der Waals surface area contributed by atoms with E-state index in [-0.39, 0.29) is 16.3 Å². The average Bonchev–Trinajstić information content (AvgIpc) is 2.02. The molecule has 0 aliphatic carbocycles. The van der Waals surface area contributed by atoms with Gasteiger partial charge in [-0.1, -0.05) is 6.58 Å². The standard InChI is InChI=1S/C9H16N2O2/c1-5-8(12)10-7-6-9(13)11(2,3)4/h5H,1,6-7H2,2-4H3/p+1. The first kappa shape index (κ1) is 11.8. The lowest BCUT2D eigenvalue weighted by molar-refractivity contribution is -0.792. The van der Waals surface area contributed by atoms with Crippen molar-refractivity contribution in [2.24, 2.45) is 0 Å². The maximum atomic E-state index is 11.3. The van der Waals surface area contributed by atoms with Crippen LogP contribution in [0.2, 0.25) is 0 Å². The Balaban J connectivity index is 3.73. The van der Waals surface area contributed by atoms with Crippen LogP contribution >= 0.6 is 0 Å². The van der Waals surface area contributed by atoms with Gasteiger partial charge in [0.15, 0.2) is 0 Å². The van der Waals surface area contributed by atoms with Gasteiger partial charge in [0.2, 0.25) is 5.91 Å². The molecule has 1 N–H and O–H groups in total. The molecule has 4 heteroatoms. The summed E-state index contributed by atoms with van der Waals surface area (Å²) in [5.41, 5.74) is 0. The third kappa shape index (κ3) is 5.14. The van der Waals surface area contributed by atoms with Crippen LogP contribution in [0.25, 0.3) is 0 Å². The Morgan fingerprint density at radius 2 is 1.92 bits per heavy atom. The van der Waals surface area contributed by atoms with Crippen LogP contribution in [0.3, 0.4) is 0 Å². The number of nitrogens with zero attached hydrogens (tertiary/aromatic N) is 1. The summed E-state index contributed by atoms with van der Waals surface area (Å²) in [5.74, 6) is -0.154. The molecule has 0 aliphatic rings. The Hall–Kier alpha value is -1.16. The van der Waals surface area contributed by atoms with Gasteiger partial charge in [-0.3, -0.25) is 9.28 Å². The van der Waals surface area contributed by atoms with Crippen LogP contribution in [0, 0.1) is 0 Å². The molecule has 0 fully saturated rings. The number of carbonyl (C=O) groups is 2. The fraction of sp³-hybridized carbons (Fsp3) is 0.556. The Kier molecular flexibility index (Phi) is 4.34. The van der Waals surface area contributed by atoms with E-state index < -0.39 is 0 Å². The third-order valence-electron chi connectivity index (χ3n) is 1.57. The lowest BCUT2D eigenvalue weighted by atomic mass is 10.3. The lowest BCUT2D eigenvalue weighted by Gasteiger charge is -2.20. The van der Waals surface area contributed by atoms with E-state index in [1.807, 2.05) is 0 Å². The zero-order chi connectivity index (χ0) is 10.5. The number of amides is 2. The lowest BCUT2D eigenvalue weighted by Crippen LogP contribution is -2.42. The molecule has 4 nitrogen and oxygen atoms in total. The Bertz CT molecular complexity index is 216. The summed E-state index contributed by atoms with van der Waals surface area (Å²) >= 11 is 0. The molecule has 2 amide bonds. The maximum Gasteiger partial charge on any atom is 0.314 e. The van der Waals surface area contributed by atoms with Crippen molar-refractivity contribution in [3.63, 3.8) is 0 Å². The van der Waals surface area contributed by atoms with Crippen molar-refractivity contribution in [3.05, 3.63) is 12.7 Å². The molecule has 0 aromatic rings. The molecule has 0 radical (unpaired) electrons. The second-order valence-electron chi connectivity index (χ2n) is 3.65.